The van der Waals surface area contributed by atoms with Gasteiger partial charge in [-0.1, -0.05) is 0 Å². The molecular weight excluding hydrogens is 216 g/mol. The molecule has 1 heterocycles. The van der Waals surface area contributed by atoms with Gasteiger partial charge in [0.15, 0.2) is 0 Å². The van der Waals surface area contributed by atoms with E-state index >= 15 is 0 Å². The maximum atomic E-state index is 5.39. The van der Waals surface area contributed by atoms with Crippen molar-refractivity contribution in [1.29, 1.82) is 0 Å². The Kier molecular flexibility index (Phi) is 6.50. The van der Waals surface area contributed by atoms with Crippen LogP contribution < -0.4 is 10.2 Å². The third kappa shape index (κ3) is 4.28. The number of likely N-dealkylation sites (N-methyl/N-ethyl adjacent to an activating group) is 1. The molecule has 0 unspecified atom stereocenters. The summed E-state index contributed by atoms with van der Waals surface area (Å²) in [5.74, 6) is 0.997. The second-order valence-electron chi connectivity index (χ2n) is 3.68. The topological polar surface area (TPSA) is 50.3 Å². The predicted octanol–water partition coefficient (Wildman–Crippen LogP) is 1.06. The highest BCUT2D eigenvalue weighted by molar-refractivity contribution is 5.45. The fourth-order valence-electron chi connectivity index (χ4n) is 1.68. The normalized spacial score (nSPS) is 10.5. The number of hydrogen-bond donors (Lipinski definition) is 1. The molecular formula is C12H22N4O. The van der Waals surface area contributed by atoms with Gasteiger partial charge in [-0.05, 0) is 20.9 Å². The van der Waals surface area contributed by atoms with Crippen molar-refractivity contribution in [2.75, 3.05) is 38.3 Å². The fraction of sp³-hybridized carbons (Fsp3) is 0.667. The first-order valence-electron chi connectivity index (χ1n) is 6.09. The Morgan fingerprint density at radius 3 is 2.88 bits per heavy atom. The molecule has 0 aromatic carbocycles. The van der Waals surface area contributed by atoms with Crippen LogP contribution in [0.15, 0.2) is 12.5 Å². The van der Waals surface area contributed by atoms with E-state index in [0.717, 1.165) is 44.2 Å². The van der Waals surface area contributed by atoms with Crippen LogP contribution in [0.5, 0.6) is 0 Å². The van der Waals surface area contributed by atoms with Crippen LogP contribution in [-0.2, 0) is 11.3 Å². The highest BCUT2D eigenvalue weighted by Gasteiger charge is 2.10. The molecule has 0 fully saturated rings. The number of rotatable bonds is 8. The molecule has 0 saturated carbocycles. The fourth-order valence-corrected chi connectivity index (χ4v) is 1.68. The number of anilines is 1. The quantitative estimate of drug-likeness (QED) is 0.686. The molecule has 5 heteroatoms. The Morgan fingerprint density at radius 1 is 1.41 bits per heavy atom. The molecule has 0 radical (unpaired) electrons. The molecule has 1 rings (SSSR count). The SMILES string of the molecule is CCOCCN(CC)c1ncncc1CNC. The Balaban J connectivity index is 2.72. The number of hydrogen-bond acceptors (Lipinski definition) is 5. The van der Waals surface area contributed by atoms with Crippen LogP contribution in [-0.4, -0.2) is 43.3 Å². The average molecular weight is 238 g/mol. The van der Waals surface area contributed by atoms with Crippen molar-refractivity contribution in [3.63, 3.8) is 0 Å². The lowest BCUT2D eigenvalue weighted by Gasteiger charge is -2.23. The van der Waals surface area contributed by atoms with Crippen molar-refractivity contribution >= 4 is 5.82 Å². The van der Waals surface area contributed by atoms with E-state index in [1.165, 1.54) is 0 Å². The average Bonchev–Trinajstić information content (AvgIpc) is 2.36. The van der Waals surface area contributed by atoms with Gasteiger partial charge in [0, 0.05) is 38.0 Å². The van der Waals surface area contributed by atoms with Gasteiger partial charge in [-0.25, -0.2) is 9.97 Å². The van der Waals surface area contributed by atoms with E-state index in [4.69, 9.17) is 4.74 Å². The van der Waals surface area contributed by atoms with Crippen LogP contribution in [0.2, 0.25) is 0 Å². The van der Waals surface area contributed by atoms with E-state index in [9.17, 15) is 0 Å². The maximum absolute atomic E-state index is 5.39. The summed E-state index contributed by atoms with van der Waals surface area (Å²) >= 11 is 0. The summed E-state index contributed by atoms with van der Waals surface area (Å²) < 4.78 is 5.39. The van der Waals surface area contributed by atoms with E-state index in [-0.39, 0.29) is 0 Å². The maximum Gasteiger partial charge on any atom is 0.136 e. The number of aromatic nitrogens is 2. The lowest BCUT2D eigenvalue weighted by molar-refractivity contribution is 0.154. The molecule has 0 amide bonds. The minimum Gasteiger partial charge on any atom is -0.380 e. The Morgan fingerprint density at radius 2 is 2.24 bits per heavy atom. The molecule has 0 aliphatic rings. The largest absolute Gasteiger partial charge is 0.380 e. The Hall–Kier alpha value is -1.20. The van der Waals surface area contributed by atoms with Crippen molar-refractivity contribution in [1.82, 2.24) is 15.3 Å². The third-order valence-corrected chi connectivity index (χ3v) is 2.52. The molecule has 0 saturated heterocycles. The number of ether oxygens (including phenoxy) is 1. The molecule has 1 N–H and O–H groups in total. The molecule has 0 aliphatic heterocycles. The molecule has 1 aromatic rings. The third-order valence-electron chi connectivity index (χ3n) is 2.52. The van der Waals surface area contributed by atoms with Crippen LogP contribution in [0, 0.1) is 0 Å². The number of nitrogens with zero attached hydrogens (tertiary/aromatic N) is 3. The van der Waals surface area contributed by atoms with Gasteiger partial charge in [0.2, 0.25) is 0 Å². The van der Waals surface area contributed by atoms with Crippen molar-refractivity contribution in [3.05, 3.63) is 18.1 Å². The highest BCUT2D eigenvalue weighted by Crippen LogP contribution is 2.15. The minimum absolute atomic E-state index is 0.730. The van der Waals surface area contributed by atoms with E-state index in [0.29, 0.717) is 0 Å². The summed E-state index contributed by atoms with van der Waals surface area (Å²) in [5, 5.41) is 3.13. The Labute approximate surface area is 103 Å². The molecule has 0 bridgehead atoms. The first-order chi connectivity index (χ1) is 8.33. The molecule has 0 aliphatic carbocycles. The smallest absolute Gasteiger partial charge is 0.136 e. The summed E-state index contributed by atoms with van der Waals surface area (Å²) in [7, 11) is 1.92. The van der Waals surface area contributed by atoms with E-state index < -0.39 is 0 Å². The number of nitrogens with one attached hydrogen (secondary N) is 1. The first-order valence-corrected chi connectivity index (χ1v) is 6.09. The molecule has 1 aromatic heterocycles. The lowest BCUT2D eigenvalue weighted by atomic mass is 10.3. The lowest BCUT2D eigenvalue weighted by Crippen LogP contribution is -2.29. The van der Waals surface area contributed by atoms with Gasteiger partial charge in [0.05, 0.1) is 6.61 Å². The van der Waals surface area contributed by atoms with Gasteiger partial charge in [-0.15, -0.1) is 0 Å². The monoisotopic (exact) mass is 238 g/mol. The first kappa shape index (κ1) is 13.9. The molecule has 17 heavy (non-hydrogen) atoms. The Bertz CT molecular complexity index is 319. The minimum atomic E-state index is 0.730. The second kappa shape index (κ2) is 7.97. The van der Waals surface area contributed by atoms with Crippen LogP contribution in [0.25, 0.3) is 0 Å². The summed E-state index contributed by atoms with van der Waals surface area (Å²) in [5.41, 5.74) is 1.12. The van der Waals surface area contributed by atoms with Gasteiger partial charge in [0.25, 0.3) is 0 Å². The molecule has 0 spiro atoms. The van der Waals surface area contributed by atoms with Crippen molar-refractivity contribution in [2.24, 2.45) is 0 Å². The second-order valence-corrected chi connectivity index (χ2v) is 3.68. The summed E-state index contributed by atoms with van der Waals surface area (Å²) in [6.45, 7) is 8.17. The van der Waals surface area contributed by atoms with E-state index in [1.54, 1.807) is 6.33 Å². The molecule has 5 nitrogen and oxygen atoms in total. The van der Waals surface area contributed by atoms with Crippen LogP contribution in [0.3, 0.4) is 0 Å². The van der Waals surface area contributed by atoms with Crippen LogP contribution in [0.1, 0.15) is 19.4 Å². The van der Waals surface area contributed by atoms with Gasteiger partial charge in [0.1, 0.15) is 12.1 Å². The summed E-state index contributed by atoms with van der Waals surface area (Å²) in [6, 6.07) is 0. The van der Waals surface area contributed by atoms with Crippen LogP contribution >= 0.6 is 0 Å². The predicted molar refractivity (Wildman–Crippen MR) is 69.2 cm³/mol. The zero-order valence-electron chi connectivity index (χ0n) is 10.9. The van der Waals surface area contributed by atoms with E-state index in [1.807, 2.05) is 20.2 Å². The zero-order valence-corrected chi connectivity index (χ0v) is 10.9. The highest BCUT2D eigenvalue weighted by atomic mass is 16.5. The standard InChI is InChI=1S/C12H22N4O/c1-4-16(6-7-17-5-2)12-11(8-13-3)9-14-10-15-12/h9-10,13H,4-8H2,1-3H3. The van der Waals surface area contributed by atoms with Gasteiger partial charge < -0.3 is 15.0 Å². The van der Waals surface area contributed by atoms with Crippen molar-refractivity contribution in [3.8, 4) is 0 Å². The van der Waals surface area contributed by atoms with Gasteiger partial charge >= 0.3 is 0 Å². The molecule has 96 valence electrons. The summed E-state index contributed by atoms with van der Waals surface area (Å²) in [4.78, 5) is 10.6. The van der Waals surface area contributed by atoms with Gasteiger partial charge in [-0.3, -0.25) is 0 Å². The summed E-state index contributed by atoms with van der Waals surface area (Å²) in [6.07, 6.45) is 3.46. The van der Waals surface area contributed by atoms with Crippen LogP contribution in [0.4, 0.5) is 5.82 Å². The van der Waals surface area contributed by atoms with Crippen molar-refractivity contribution in [2.45, 2.75) is 20.4 Å². The van der Waals surface area contributed by atoms with Crippen molar-refractivity contribution < 1.29 is 4.74 Å². The van der Waals surface area contributed by atoms with E-state index in [2.05, 4.69) is 27.1 Å². The zero-order chi connectivity index (χ0) is 12.5. The van der Waals surface area contributed by atoms with Gasteiger partial charge in [-0.2, -0.15) is 0 Å². The molecule has 0 atom stereocenters.